The first kappa shape index (κ1) is 13.1. The van der Waals surface area contributed by atoms with Gasteiger partial charge in [0.15, 0.2) is 5.82 Å². The van der Waals surface area contributed by atoms with Crippen LogP contribution in [0, 0.1) is 0 Å². The molecule has 0 saturated carbocycles. The van der Waals surface area contributed by atoms with Crippen molar-refractivity contribution in [2.24, 2.45) is 4.99 Å². The lowest BCUT2D eigenvalue weighted by molar-refractivity contribution is -0.0555. The van der Waals surface area contributed by atoms with Crippen LogP contribution in [0.15, 0.2) is 28.3 Å². The van der Waals surface area contributed by atoms with Gasteiger partial charge in [-0.25, -0.2) is 14.4 Å². The maximum Gasteiger partial charge on any atom is 0.356 e. The van der Waals surface area contributed by atoms with Gasteiger partial charge in [-0.05, 0) is 6.07 Å². The molecule has 1 aromatic rings. The summed E-state index contributed by atoms with van der Waals surface area (Å²) in [4.78, 5) is 21.3. The largest absolute Gasteiger partial charge is 0.454 e. The molecule has 102 valence electrons. The molecule has 0 bridgehead atoms. The van der Waals surface area contributed by atoms with E-state index in [4.69, 9.17) is 14.6 Å². The molecule has 1 atom stereocenters. The van der Waals surface area contributed by atoms with Crippen LogP contribution in [0.3, 0.4) is 0 Å². The number of hydrogen-bond donors (Lipinski definition) is 1. The van der Waals surface area contributed by atoms with Gasteiger partial charge in [0.25, 0.3) is 6.29 Å². The average Bonchev–Trinajstić information content (AvgIpc) is 2.85. The van der Waals surface area contributed by atoms with Crippen LogP contribution in [0.5, 0.6) is 0 Å². The highest BCUT2D eigenvalue weighted by Gasteiger charge is 2.20. The van der Waals surface area contributed by atoms with Gasteiger partial charge in [0, 0.05) is 20.3 Å². The highest BCUT2D eigenvalue weighted by molar-refractivity contribution is 5.58. The van der Waals surface area contributed by atoms with E-state index < -0.39 is 12.0 Å². The number of aliphatic hydroxyl groups excluding tert-OH is 1. The summed E-state index contributed by atoms with van der Waals surface area (Å²) in [7, 11) is 3.63. The molecule has 2 rings (SSSR count). The van der Waals surface area contributed by atoms with Crippen molar-refractivity contribution in [2.75, 3.05) is 20.7 Å². The SMILES string of the molecule is CN(C)C=Nc1ccn(C2=COC(CO)O2)c(=O)n1. The first-order valence-corrected chi connectivity index (χ1v) is 5.54. The van der Waals surface area contributed by atoms with Crippen molar-refractivity contribution >= 4 is 18.0 Å². The van der Waals surface area contributed by atoms with E-state index in [1.165, 1.54) is 17.0 Å². The van der Waals surface area contributed by atoms with Crippen molar-refractivity contribution in [1.29, 1.82) is 0 Å². The molecule has 0 aromatic carbocycles. The zero-order valence-corrected chi connectivity index (χ0v) is 10.6. The highest BCUT2D eigenvalue weighted by atomic mass is 16.7. The summed E-state index contributed by atoms with van der Waals surface area (Å²) in [5.41, 5.74) is -0.540. The predicted molar refractivity (Wildman–Crippen MR) is 67.7 cm³/mol. The summed E-state index contributed by atoms with van der Waals surface area (Å²) < 4.78 is 11.3. The van der Waals surface area contributed by atoms with E-state index >= 15 is 0 Å². The van der Waals surface area contributed by atoms with Crippen LogP contribution in [-0.4, -0.2) is 52.9 Å². The Morgan fingerprint density at radius 2 is 2.42 bits per heavy atom. The predicted octanol–water partition coefficient (Wildman–Crippen LogP) is -0.414. The Hall–Kier alpha value is -2.35. The normalized spacial score (nSPS) is 18.1. The van der Waals surface area contributed by atoms with E-state index in [1.807, 2.05) is 14.1 Å². The molecular formula is C11H14N4O4. The fraction of sp³-hybridized carbons (Fsp3) is 0.364. The van der Waals surface area contributed by atoms with Crippen LogP contribution in [0.1, 0.15) is 0 Å². The molecule has 0 aliphatic carbocycles. The zero-order valence-electron chi connectivity index (χ0n) is 10.6. The monoisotopic (exact) mass is 266 g/mol. The lowest BCUT2D eigenvalue weighted by atomic mass is 10.5. The molecule has 2 heterocycles. The molecule has 1 aromatic heterocycles. The standard InChI is InChI=1S/C11H14N4O4/c1-14(2)7-12-8-3-4-15(11(17)13-8)9-6-18-10(5-16)19-9/h3-4,6-7,10,16H,5H2,1-2H3. The van der Waals surface area contributed by atoms with Gasteiger partial charge in [0.2, 0.25) is 5.88 Å². The van der Waals surface area contributed by atoms with Crippen molar-refractivity contribution in [3.63, 3.8) is 0 Å². The lowest BCUT2D eigenvalue weighted by Crippen LogP contribution is -2.23. The summed E-state index contributed by atoms with van der Waals surface area (Å²) in [6.07, 6.45) is 3.50. The van der Waals surface area contributed by atoms with Crippen molar-refractivity contribution in [3.05, 3.63) is 29.0 Å². The Morgan fingerprint density at radius 1 is 1.63 bits per heavy atom. The summed E-state index contributed by atoms with van der Waals surface area (Å²) in [6, 6.07) is 1.57. The van der Waals surface area contributed by atoms with E-state index in [0.717, 1.165) is 0 Å². The second-order valence-corrected chi connectivity index (χ2v) is 3.97. The van der Waals surface area contributed by atoms with Gasteiger partial charge in [0.1, 0.15) is 12.9 Å². The van der Waals surface area contributed by atoms with Gasteiger partial charge >= 0.3 is 5.69 Å². The number of nitrogens with zero attached hydrogens (tertiary/aromatic N) is 4. The van der Waals surface area contributed by atoms with Crippen LogP contribution >= 0.6 is 0 Å². The lowest BCUT2D eigenvalue weighted by Gasteiger charge is -2.09. The Balaban J connectivity index is 2.19. The molecule has 0 radical (unpaired) electrons. The maximum atomic E-state index is 11.8. The summed E-state index contributed by atoms with van der Waals surface area (Å²) in [6.45, 7) is -0.298. The number of rotatable bonds is 4. The maximum absolute atomic E-state index is 11.8. The molecule has 1 aliphatic heterocycles. The minimum Gasteiger partial charge on any atom is -0.454 e. The Morgan fingerprint density at radius 3 is 3.00 bits per heavy atom. The minimum absolute atomic E-state index is 0.180. The molecule has 1 N–H and O–H groups in total. The van der Waals surface area contributed by atoms with Gasteiger partial charge in [-0.2, -0.15) is 4.98 Å². The third-order valence-electron chi connectivity index (χ3n) is 2.17. The molecule has 8 heteroatoms. The van der Waals surface area contributed by atoms with E-state index in [0.29, 0.717) is 5.82 Å². The molecular weight excluding hydrogens is 252 g/mol. The molecule has 1 unspecified atom stereocenters. The minimum atomic E-state index is -0.784. The smallest absolute Gasteiger partial charge is 0.356 e. The van der Waals surface area contributed by atoms with Gasteiger partial charge in [-0.15, -0.1) is 0 Å². The topological polar surface area (TPSA) is 89.2 Å². The van der Waals surface area contributed by atoms with Crippen LogP contribution in [0.2, 0.25) is 0 Å². The molecule has 0 saturated heterocycles. The summed E-state index contributed by atoms with van der Waals surface area (Å²) >= 11 is 0. The molecule has 19 heavy (non-hydrogen) atoms. The quantitative estimate of drug-likeness (QED) is 0.588. The average molecular weight is 266 g/mol. The van der Waals surface area contributed by atoms with Crippen LogP contribution < -0.4 is 5.69 Å². The molecule has 8 nitrogen and oxygen atoms in total. The van der Waals surface area contributed by atoms with Gasteiger partial charge in [-0.1, -0.05) is 0 Å². The number of hydrogen-bond acceptors (Lipinski definition) is 6. The second kappa shape index (κ2) is 5.53. The van der Waals surface area contributed by atoms with Gasteiger partial charge in [-0.3, -0.25) is 0 Å². The summed E-state index contributed by atoms with van der Waals surface area (Å²) in [5, 5.41) is 8.86. The Kier molecular flexibility index (Phi) is 3.81. The fourth-order valence-electron chi connectivity index (χ4n) is 1.33. The van der Waals surface area contributed by atoms with E-state index in [9.17, 15) is 4.79 Å². The first-order valence-electron chi connectivity index (χ1n) is 5.54. The van der Waals surface area contributed by atoms with E-state index in [1.54, 1.807) is 17.3 Å². The van der Waals surface area contributed by atoms with Crippen molar-refractivity contribution < 1.29 is 14.6 Å². The molecule has 0 fully saturated rings. The fourth-order valence-corrected chi connectivity index (χ4v) is 1.33. The second-order valence-electron chi connectivity index (χ2n) is 3.97. The van der Waals surface area contributed by atoms with E-state index in [2.05, 4.69) is 9.98 Å². The zero-order chi connectivity index (χ0) is 13.8. The highest BCUT2D eigenvalue weighted by Crippen LogP contribution is 2.17. The number of aliphatic imine (C=N–C) groups is 1. The molecule has 1 aliphatic rings. The molecule has 0 amide bonds. The third kappa shape index (κ3) is 3.10. The number of ether oxygens (including phenoxy) is 2. The Labute approximate surface area is 109 Å². The third-order valence-corrected chi connectivity index (χ3v) is 2.17. The van der Waals surface area contributed by atoms with Crippen LogP contribution in [-0.2, 0) is 9.47 Å². The van der Waals surface area contributed by atoms with Gasteiger partial charge < -0.3 is 19.5 Å². The van der Waals surface area contributed by atoms with Crippen molar-refractivity contribution in [3.8, 4) is 0 Å². The first-order chi connectivity index (χ1) is 9.10. The van der Waals surface area contributed by atoms with Gasteiger partial charge in [0.05, 0.1) is 6.34 Å². The van der Waals surface area contributed by atoms with Crippen LogP contribution in [0.4, 0.5) is 5.82 Å². The van der Waals surface area contributed by atoms with E-state index in [-0.39, 0.29) is 12.5 Å². The summed E-state index contributed by atoms with van der Waals surface area (Å²) in [5.74, 6) is 0.480. The Bertz CT molecular complexity index is 564. The molecule has 0 spiro atoms. The van der Waals surface area contributed by atoms with Crippen LogP contribution in [0.25, 0.3) is 5.88 Å². The number of aromatic nitrogens is 2. The van der Waals surface area contributed by atoms with Crippen molar-refractivity contribution in [1.82, 2.24) is 14.5 Å². The number of aliphatic hydroxyl groups is 1. The van der Waals surface area contributed by atoms with Crippen molar-refractivity contribution in [2.45, 2.75) is 6.29 Å².